The second-order valence-corrected chi connectivity index (χ2v) is 7.22. The quantitative estimate of drug-likeness (QED) is 0.530. The molecule has 0 saturated carbocycles. The van der Waals surface area contributed by atoms with Crippen LogP contribution in [-0.4, -0.2) is 35.0 Å². The summed E-state index contributed by atoms with van der Waals surface area (Å²) in [6, 6.07) is 23.0. The number of halogens is 1. The van der Waals surface area contributed by atoms with E-state index in [-0.39, 0.29) is 23.6 Å². The Labute approximate surface area is 183 Å². The first-order valence-electron chi connectivity index (χ1n) is 9.96. The van der Waals surface area contributed by atoms with Crippen LogP contribution in [0.4, 0.5) is 16.1 Å². The van der Waals surface area contributed by atoms with Gasteiger partial charge < -0.3 is 14.6 Å². The van der Waals surface area contributed by atoms with E-state index in [4.69, 9.17) is 9.41 Å². The average Bonchev–Trinajstić information content (AvgIpc) is 3.27. The summed E-state index contributed by atoms with van der Waals surface area (Å²) < 4.78 is 18.8. The van der Waals surface area contributed by atoms with Crippen LogP contribution in [0.15, 0.2) is 88.3 Å². The Bertz CT molecular complexity index is 1300. The van der Waals surface area contributed by atoms with Crippen molar-refractivity contribution in [3.63, 3.8) is 0 Å². The average molecular weight is 427 g/mol. The van der Waals surface area contributed by atoms with Gasteiger partial charge in [-0.3, -0.25) is 4.79 Å². The fraction of sp³-hybridized carbons (Fsp3) is 0.0833. The van der Waals surface area contributed by atoms with E-state index in [1.165, 1.54) is 12.1 Å². The summed E-state index contributed by atoms with van der Waals surface area (Å²) >= 11 is 0. The molecule has 0 fully saturated rings. The van der Waals surface area contributed by atoms with Crippen LogP contribution in [0.1, 0.15) is 11.1 Å². The van der Waals surface area contributed by atoms with Crippen LogP contribution in [0.3, 0.4) is 0 Å². The van der Waals surface area contributed by atoms with Gasteiger partial charge in [0.05, 0.1) is 11.4 Å². The zero-order valence-electron chi connectivity index (χ0n) is 17.1. The molecule has 1 unspecified atom stereocenters. The third-order valence-corrected chi connectivity index (χ3v) is 5.17. The minimum atomic E-state index is -0.982. The maximum atomic E-state index is 13.2. The van der Waals surface area contributed by atoms with Crippen molar-refractivity contribution in [1.82, 2.24) is 10.2 Å². The molecular weight excluding hydrogens is 409 g/mol. The van der Waals surface area contributed by atoms with Crippen molar-refractivity contribution >= 4 is 23.3 Å². The molecule has 1 N–H and O–H groups in total. The summed E-state index contributed by atoms with van der Waals surface area (Å²) in [4.78, 5) is 19.5. The van der Waals surface area contributed by atoms with E-state index in [2.05, 4.69) is 15.5 Å². The van der Waals surface area contributed by atoms with Crippen LogP contribution in [0.2, 0.25) is 0 Å². The highest BCUT2D eigenvalue weighted by atomic mass is 19.1. The number of benzene rings is 3. The van der Waals surface area contributed by atoms with Gasteiger partial charge in [0.2, 0.25) is 12.1 Å². The maximum Gasteiger partial charge on any atom is 0.317 e. The minimum absolute atomic E-state index is 0.0400. The molecule has 1 amide bonds. The number of nitrogens with one attached hydrogen (secondary N) is 1. The smallest absolute Gasteiger partial charge is 0.317 e. The molecule has 1 atom stereocenters. The number of amides is 1. The number of carbonyl (C=O) groups excluding carboxylic acids is 1. The molecule has 5 rings (SSSR count). The summed E-state index contributed by atoms with van der Waals surface area (Å²) in [7, 11) is 1.71. The fourth-order valence-electron chi connectivity index (χ4n) is 3.55. The van der Waals surface area contributed by atoms with Crippen molar-refractivity contribution in [3.05, 3.63) is 95.8 Å². The number of likely N-dealkylation sites (N-methyl/N-ethyl adjacent to an activating group) is 1. The van der Waals surface area contributed by atoms with Gasteiger partial charge in [0.25, 0.3) is 5.91 Å². The lowest BCUT2D eigenvalue weighted by Crippen LogP contribution is -2.39. The number of aliphatic imine (C=N–C) groups is 1. The fourth-order valence-corrected chi connectivity index (χ4v) is 3.55. The van der Waals surface area contributed by atoms with Crippen molar-refractivity contribution in [1.29, 1.82) is 0 Å². The Hall–Kier alpha value is -4.33. The molecule has 1 aromatic heterocycles. The summed E-state index contributed by atoms with van der Waals surface area (Å²) in [5.74, 6) is -0.427. The number of fused-ring (bicyclic) bond motifs is 1. The van der Waals surface area contributed by atoms with Crippen LogP contribution in [-0.2, 0) is 4.79 Å². The van der Waals surface area contributed by atoms with Crippen LogP contribution in [0.5, 0.6) is 0 Å². The lowest BCUT2D eigenvalue weighted by atomic mass is 10.0. The second kappa shape index (κ2) is 8.07. The van der Waals surface area contributed by atoms with E-state index in [1.54, 1.807) is 24.1 Å². The number of hydrogen-bond donors (Lipinski definition) is 1. The number of nitrogens with zero attached hydrogens (tertiary/aromatic N) is 4. The van der Waals surface area contributed by atoms with Gasteiger partial charge in [0.1, 0.15) is 5.82 Å². The Morgan fingerprint density at radius 2 is 1.62 bits per heavy atom. The normalized spacial score (nSPS) is 15.7. The zero-order chi connectivity index (χ0) is 22.1. The number of aromatic nitrogens is 2. The molecule has 4 aromatic rings. The number of para-hydroxylation sites is 1. The Morgan fingerprint density at radius 3 is 2.41 bits per heavy atom. The highest BCUT2D eigenvalue weighted by Crippen LogP contribution is 2.28. The first-order valence-corrected chi connectivity index (χ1v) is 9.96. The van der Waals surface area contributed by atoms with E-state index in [0.29, 0.717) is 11.3 Å². The second-order valence-electron chi connectivity index (χ2n) is 7.22. The molecule has 8 heteroatoms. The summed E-state index contributed by atoms with van der Waals surface area (Å²) in [6.07, 6.45) is -0.982. The Kier molecular flexibility index (Phi) is 4.95. The van der Waals surface area contributed by atoms with Gasteiger partial charge >= 0.3 is 6.01 Å². The molecule has 0 radical (unpaired) electrons. The summed E-state index contributed by atoms with van der Waals surface area (Å²) in [5, 5.41) is 10.9. The zero-order valence-corrected chi connectivity index (χ0v) is 17.1. The third-order valence-electron chi connectivity index (χ3n) is 5.17. The van der Waals surface area contributed by atoms with E-state index in [9.17, 15) is 9.18 Å². The first kappa shape index (κ1) is 19.6. The molecule has 158 valence electrons. The Balaban J connectivity index is 1.52. The molecule has 2 heterocycles. The van der Waals surface area contributed by atoms with Crippen LogP contribution < -0.4 is 10.2 Å². The van der Waals surface area contributed by atoms with Crippen LogP contribution >= 0.6 is 0 Å². The van der Waals surface area contributed by atoms with E-state index in [0.717, 1.165) is 16.8 Å². The first-order chi connectivity index (χ1) is 15.6. The van der Waals surface area contributed by atoms with E-state index >= 15 is 0 Å². The molecule has 1 aliphatic rings. The van der Waals surface area contributed by atoms with Gasteiger partial charge in [0.15, 0.2) is 0 Å². The van der Waals surface area contributed by atoms with E-state index < -0.39 is 6.17 Å². The van der Waals surface area contributed by atoms with Gasteiger partial charge in [-0.15, -0.1) is 5.10 Å². The molecule has 0 saturated heterocycles. The van der Waals surface area contributed by atoms with Crippen LogP contribution in [0, 0.1) is 5.82 Å². The molecular formula is C24H18FN5O2. The van der Waals surface area contributed by atoms with Gasteiger partial charge in [-0.05, 0) is 30.3 Å². The molecule has 0 spiro atoms. The van der Waals surface area contributed by atoms with Crippen molar-refractivity contribution in [2.75, 3.05) is 17.3 Å². The standard InChI is InChI=1S/C24H18FN5O2/c1-30-19-10-6-5-9-18(19)20(15-7-3-2-4-8-15)26-21(23(30)31)27-24-29-28-22(32-24)16-11-13-17(25)14-12-16/h2-14,21H,1H3,(H,27,29). The van der Waals surface area contributed by atoms with Crippen molar-refractivity contribution in [2.45, 2.75) is 6.17 Å². The molecule has 7 nitrogen and oxygen atoms in total. The van der Waals surface area contributed by atoms with Gasteiger partial charge in [0, 0.05) is 23.7 Å². The van der Waals surface area contributed by atoms with Crippen LogP contribution in [0.25, 0.3) is 11.5 Å². The summed E-state index contributed by atoms with van der Waals surface area (Å²) in [6.45, 7) is 0. The number of rotatable bonds is 4. The largest absolute Gasteiger partial charge is 0.403 e. The van der Waals surface area contributed by atoms with Crippen molar-refractivity contribution in [2.24, 2.45) is 4.99 Å². The SMILES string of the molecule is CN1C(=O)C(Nc2nnc(-c3ccc(F)cc3)o2)N=C(c2ccccc2)c2ccccc21. The highest BCUT2D eigenvalue weighted by Gasteiger charge is 2.31. The van der Waals surface area contributed by atoms with Crippen molar-refractivity contribution in [3.8, 4) is 11.5 Å². The molecule has 0 aliphatic carbocycles. The monoisotopic (exact) mass is 427 g/mol. The minimum Gasteiger partial charge on any atom is -0.403 e. The van der Waals surface area contributed by atoms with Gasteiger partial charge in [-0.1, -0.05) is 53.6 Å². The van der Waals surface area contributed by atoms with Gasteiger partial charge in [-0.2, -0.15) is 0 Å². The highest BCUT2D eigenvalue weighted by molar-refractivity contribution is 6.20. The number of anilines is 2. The lowest BCUT2D eigenvalue weighted by Gasteiger charge is -2.20. The maximum absolute atomic E-state index is 13.2. The predicted molar refractivity (Wildman–Crippen MR) is 119 cm³/mol. The molecule has 3 aromatic carbocycles. The number of hydrogen-bond acceptors (Lipinski definition) is 6. The molecule has 32 heavy (non-hydrogen) atoms. The predicted octanol–water partition coefficient (Wildman–Crippen LogP) is 4.13. The number of carbonyl (C=O) groups is 1. The van der Waals surface area contributed by atoms with E-state index in [1.807, 2.05) is 54.6 Å². The molecule has 1 aliphatic heterocycles. The topological polar surface area (TPSA) is 83.6 Å². The van der Waals surface area contributed by atoms with Gasteiger partial charge in [-0.25, -0.2) is 9.38 Å². The third kappa shape index (κ3) is 3.62. The lowest BCUT2D eigenvalue weighted by molar-refractivity contribution is -0.118. The summed E-state index contributed by atoms with van der Waals surface area (Å²) in [5.41, 5.74) is 3.72. The molecule has 0 bridgehead atoms. The number of benzodiazepines with no additional fused rings is 1. The van der Waals surface area contributed by atoms with Crippen molar-refractivity contribution < 1.29 is 13.6 Å². The Morgan fingerprint density at radius 1 is 0.906 bits per heavy atom.